The van der Waals surface area contributed by atoms with E-state index in [9.17, 15) is 8.42 Å². The molecule has 0 heterocycles. The Morgan fingerprint density at radius 3 is 2.48 bits per heavy atom. The minimum atomic E-state index is -3.49. The quantitative estimate of drug-likeness (QED) is 0.793. The topological polar surface area (TPSA) is 58.6 Å². The van der Waals surface area contributed by atoms with Gasteiger partial charge in [0.25, 0.3) is 0 Å². The summed E-state index contributed by atoms with van der Waals surface area (Å²) in [5, 5.41) is 3.06. The second kappa shape index (κ2) is 7.89. The minimum Gasteiger partial charge on any atom is -0.383 e. The molecule has 0 radical (unpaired) electrons. The molecule has 1 N–H and O–H groups in total. The van der Waals surface area contributed by atoms with Crippen molar-refractivity contribution in [2.24, 2.45) is 0 Å². The second-order valence-corrected chi connectivity index (χ2v) is 6.96. The molecule has 0 aliphatic carbocycles. The highest BCUT2D eigenvalue weighted by atomic mass is 32.2. The highest BCUT2D eigenvalue weighted by molar-refractivity contribution is 7.89. The van der Waals surface area contributed by atoms with Gasteiger partial charge < -0.3 is 10.1 Å². The van der Waals surface area contributed by atoms with Crippen LogP contribution in [0.3, 0.4) is 0 Å². The van der Waals surface area contributed by atoms with Crippen LogP contribution in [0.5, 0.6) is 0 Å². The first-order valence-electron chi connectivity index (χ1n) is 7.12. The first-order chi connectivity index (χ1) is 9.88. The lowest BCUT2D eigenvalue weighted by Crippen LogP contribution is -2.34. The molecule has 0 spiro atoms. The Kier molecular flexibility index (Phi) is 6.80. The molecule has 0 aliphatic heterocycles. The number of benzene rings is 1. The van der Waals surface area contributed by atoms with Gasteiger partial charge in [0.05, 0.1) is 11.5 Å². The number of hydrogen-bond acceptors (Lipinski definition) is 4. The molecule has 0 saturated carbocycles. The third-order valence-electron chi connectivity index (χ3n) is 3.58. The Hall–Kier alpha value is -0.950. The molecule has 6 heteroatoms. The Morgan fingerprint density at radius 1 is 1.29 bits per heavy atom. The van der Waals surface area contributed by atoms with E-state index in [0.717, 1.165) is 16.7 Å². The summed E-state index contributed by atoms with van der Waals surface area (Å²) < 4.78 is 32.2. The van der Waals surface area contributed by atoms with Crippen molar-refractivity contribution in [3.8, 4) is 0 Å². The maximum atomic E-state index is 12.8. The van der Waals surface area contributed by atoms with Gasteiger partial charge in [-0.2, -0.15) is 4.31 Å². The van der Waals surface area contributed by atoms with Gasteiger partial charge >= 0.3 is 0 Å². The summed E-state index contributed by atoms with van der Waals surface area (Å²) in [6.45, 7) is 7.47. The molecule has 1 aromatic rings. The third kappa shape index (κ3) is 4.26. The molecule has 5 nitrogen and oxygen atoms in total. The zero-order valence-electron chi connectivity index (χ0n) is 13.6. The summed E-state index contributed by atoms with van der Waals surface area (Å²) in [5.74, 6) is 0. The van der Waals surface area contributed by atoms with Crippen LogP contribution in [0.25, 0.3) is 0 Å². The van der Waals surface area contributed by atoms with Gasteiger partial charge in [-0.25, -0.2) is 8.42 Å². The summed E-state index contributed by atoms with van der Waals surface area (Å²) in [4.78, 5) is 0.394. The van der Waals surface area contributed by atoms with E-state index in [-0.39, 0.29) is 0 Å². The number of methoxy groups -OCH3 is 1. The Balaban J connectivity index is 3.28. The Bertz CT molecular complexity index is 571. The van der Waals surface area contributed by atoms with Crippen molar-refractivity contribution in [1.82, 2.24) is 9.62 Å². The van der Waals surface area contributed by atoms with Crippen LogP contribution in [-0.2, 0) is 21.3 Å². The van der Waals surface area contributed by atoms with Crippen molar-refractivity contribution in [2.45, 2.75) is 32.2 Å². The molecule has 1 aromatic carbocycles. The fourth-order valence-corrected chi connectivity index (χ4v) is 4.03. The monoisotopic (exact) mass is 314 g/mol. The van der Waals surface area contributed by atoms with E-state index in [4.69, 9.17) is 4.74 Å². The fraction of sp³-hybridized carbons (Fsp3) is 0.600. The molecular formula is C15H26N2O3S. The van der Waals surface area contributed by atoms with Crippen LogP contribution in [-0.4, -0.2) is 46.6 Å². The summed E-state index contributed by atoms with van der Waals surface area (Å²) in [7, 11) is -0.0715. The van der Waals surface area contributed by atoms with Gasteiger partial charge in [0.1, 0.15) is 0 Å². The molecule has 120 valence electrons. The number of hydrogen-bond donors (Lipinski definition) is 1. The van der Waals surface area contributed by atoms with Crippen molar-refractivity contribution >= 4 is 10.0 Å². The summed E-state index contributed by atoms with van der Waals surface area (Å²) >= 11 is 0. The van der Waals surface area contributed by atoms with Gasteiger partial charge in [-0.05, 0) is 43.7 Å². The molecule has 0 saturated heterocycles. The van der Waals surface area contributed by atoms with Crippen LogP contribution in [0.15, 0.2) is 17.0 Å². The summed E-state index contributed by atoms with van der Waals surface area (Å²) in [5.41, 5.74) is 2.77. The number of likely N-dealkylation sites (N-methyl/N-ethyl adjacent to an activating group) is 1. The third-order valence-corrected chi connectivity index (χ3v) is 5.68. The highest BCUT2D eigenvalue weighted by Gasteiger charge is 2.25. The van der Waals surface area contributed by atoms with Crippen molar-refractivity contribution in [2.75, 3.05) is 33.9 Å². The zero-order valence-corrected chi connectivity index (χ0v) is 14.4. The smallest absolute Gasteiger partial charge is 0.243 e. The van der Waals surface area contributed by atoms with Crippen LogP contribution in [0.4, 0.5) is 0 Å². The van der Waals surface area contributed by atoms with E-state index in [0.29, 0.717) is 31.1 Å². The predicted octanol–water partition coefficient (Wildman–Crippen LogP) is 1.68. The average Bonchev–Trinajstić information content (AvgIpc) is 2.43. The number of nitrogens with zero attached hydrogens (tertiary/aromatic N) is 1. The lowest BCUT2D eigenvalue weighted by Gasteiger charge is -2.22. The SMILES string of the molecule is CCN(CCOC)S(=O)(=O)c1cc(CNC)cc(C)c1C. The van der Waals surface area contributed by atoms with Crippen molar-refractivity contribution in [1.29, 1.82) is 0 Å². The van der Waals surface area contributed by atoms with Gasteiger partial charge in [-0.3, -0.25) is 0 Å². The van der Waals surface area contributed by atoms with Crippen LogP contribution < -0.4 is 5.32 Å². The zero-order chi connectivity index (χ0) is 16.0. The lowest BCUT2D eigenvalue weighted by atomic mass is 10.1. The van der Waals surface area contributed by atoms with Crippen molar-refractivity contribution in [3.05, 3.63) is 28.8 Å². The van der Waals surface area contributed by atoms with E-state index < -0.39 is 10.0 Å². The minimum absolute atomic E-state index is 0.365. The normalized spacial score (nSPS) is 12.1. The predicted molar refractivity (Wildman–Crippen MR) is 85.0 cm³/mol. The van der Waals surface area contributed by atoms with Crippen LogP contribution in [0, 0.1) is 13.8 Å². The summed E-state index contributed by atoms with van der Waals surface area (Å²) in [6.07, 6.45) is 0. The van der Waals surface area contributed by atoms with Gasteiger partial charge in [0.15, 0.2) is 0 Å². The molecule has 0 unspecified atom stereocenters. The van der Waals surface area contributed by atoms with Gasteiger partial charge in [0, 0.05) is 26.7 Å². The molecular weight excluding hydrogens is 288 g/mol. The largest absolute Gasteiger partial charge is 0.383 e. The van der Waals surface area contributed by atoms with E-state index in [2.05, 4.69) is 5.32 Å². The first-order valence-corrected chi connectivity index (χ1v) is 8.56. The molecule has 21 heavy (non-hydrogen) atoms. The molecule has 0 aromatic heterocycles. The van der Waals surface area contributed by atoms with E-state index in [1.54, 1.807) is 13.2 Å². The number of sulfonamides is 1. The standard InChI is InChI=1S/C15H26N2O3S/c1-6-17(7-8-20-5)21(18,19)15-10-14(11-16-4)9-12(2)13(15)3/h9-10,16H,6-8,11H2,1-5H3. The highest BCUT2D eigenvalue weighted by Crippen LogP contribution is 2.24. The molecule has 0 atom stereocenters. The van der Waals surface area contributed by atoms with Crippen molar-refractivity contribution in [3.63, 3.8) is 0 Å². The molecule has 0 amide bonds. The molecule has 0 aliphatic rings. The molecule has 0 fully saturated rings. The van der Waals surface area contributed by atoms with Gasteiger partial charge in [-0.15, -0.1) is 0 Å². The second-order valence-electron chi connectivity index (χ2n) is 5.06. The molecule has 0 bridgehead atoms. The maximum Gasteiger partial charge on any atom is 0.243 e. The number of aryl methyl sites for hydroxylation is 1. The average molecular weight is 314 g/mol. The number of rotatable bonds is 8. The van der Waals surface area contributed by atoms with Crippen LogP contribution in [0.2, 0.25) is 0 Å². The van der Waals surface area contributed by atoms with Gasteiger partial charge in [-0.1, -0.05) is 13.0 Å². The maximum absolute atomic E-state index is 12.8. The Labute approximate surface area is 128 Å². The number of nitrogens with one attached hydrogen (secondary N) is 1. The Morgan fingerprint density at radius 2 is 1.95 bits per heavy atom. The van der Waals surface area contributed by atoms with E-state index in [1.807, 2.05) is 33.9 Å². The lowest BCUT2D eigenvalue weighted by molar-refractivity contribution is 0.180. The van der Waals surface area contributed by atoms with Gasteiger partial charge in [0.2, 0.25) is 10.0 Å². The van der Waals surface area contributed by atoms with E-state index >= 15 is 0 Å². The first kappa shape index (κ1) is 18.1. The molecule has 1 rings (SSSR count). The van der Waals surface area contributed by atoms with Crippen LogP contribution >= 0.6 is 0 Å². The fourth-order valence-electron chi connectivity index (χ4n) is 2.25. The van der Waals surface area contributed by atoms with E-state index in [1.165, 1.54) is 4.31 Å². The van der Waals surface area contributed by atoms with Crippen molar-refractivity contribution < 1.29 is 13.2 Å². The summed E-state index contributed by atoms with van der Waals surface area (Å²) in [6, 6.07) is 3.79. The van der Waals surface area contributed by atoms with Crippen LogP contribution in [0.1, 0.15) is 23.6 Å². The number of ether oxygens (including phenoxy) is 1.